The van der Waals surface area contributed by atoms with Gasteiger partial charge in [0.25, 0.3) is 11.8 Å². The zero-order valence-corrected chi connectivity index (χ0v) is 16.5. The lowest BCUT2D eigenvalue weighted by molar-refractivity contribution is 0.0696. The van der Waals surface area contributed by atoms with Crippen LogP contribution in [0.1, 0.15) is 41.7 Å². The monoisotopic (exact) mass is 430 g/mol. The molecule has 148 valence electrons. The summed E-state index contributed by atoms with van der Waals surface area (Å²) < 4.78 is 5.06. The van der Waals surface area contributed by atoms with Gasteiger partial charge in [-0.15, -0.1) is 11.3 Å². The standard InChI is InChI=1S/C20H15ClN2O5S/c21-13-5-2-1-4-11(13)19(25)23-8-7-12-15(10-23)29-18(16(12)20(26)27)22-17(24)14-6-3-9-28-14/h1-6,9H,7-8,10H2,(H,22,24)(H,26,27). The van der Waals surface area contributed by atoms with Crippen LogP contribution in [0, 0.1) is 0 Å². The fraction of sp³-hybridized carbons (Fsp3) is 0.150. The third-order valence-corrected chi connectivity index (χ3v) is 6.10. The molecule has 0 fully saturated rings. The van der Waals surface area contributed by atoms with Crippen LogP contribution in [0.15, 0.2) is 47.1 Å². The Morgan fingerprint density at radius 1 is 1.17 bits per heavy atom. The van der Waals surface area contributed by atoms with Gasteiger partial charge in [0.05, 0.1) is 29.0 Å². The summed E-state index contributed by atoms with van der Waals surface area (Å²) in [5.74, 6) is -1.78. The van der Waals surface area contributed by atoms with Crippen LogP contribution < -0.4 is 5.32 Å². The summed E-state index contributed by atoms with van der Waals surface area (Å²) in [7, 11) is 0. The fourth-order valence-corrected chi connectivity index (χ4v) is 4.74. The van der Waals surface area contributed by atoms with Gasteiger partial charge in [-0.2, -0.15) is 0 Å². The number of amides is 2. The van der Waals surface area contributed by atoms with E-state index in [4.69, 9.17) is 16.0 Å². The van der Waals surface area contributed by atoms with Crippen molar-refractivity contribution in [1.29, 1.82) is 0 Å². The summed E-state index contributed by atoms with van der Waals surface area (Å²) in [4.78, 5) is 39.3. The van der Waals surface area contributed by atoms with Crippen LogP contribution in [0.4, 0.5) is 5.00 Å². The molecule has 4 rings (SSSR count). The molecule has 29 heavy (non-hydrogen) atoms. The number of nitrogens with zero attached hydrogens (tertiary/aromatic N) is 1. The van der Waals surface area contributed by atoms with Crippen molar-refractivity contribution in [2.24, 2.45) is 0 Å². The van der Waals surface area contributed by atoms with Crippen molar-refractivity contribution in [3.8, 4) is 0 Å². The van der Waals surface area contributed by atoms with Crippen LogP contribution in [-0.2, 0) is 13.0 Å². The molecule has 0 spiro atoms. The van der Waals surface area contributed by atoms with Gasteiger partial charge < -0.3 is 19.7 Å². The van der Waals surface area contributed by atoms with Crippen molar-refractivity contribution in [3.05, 3.63) is 75.0 Å². The summed E-state index contributed by atoms with van der Waals surface area (Å²) in [5, 5.41) is 12.9. The van der Waals surface area contributed by atoms with Crippen molar-refractivity contribution < 1.29 is 23.9 Å². The second kappa shape index (κ2) is 7.73. The smallest absolute Gasteiger partial charge is 0.339 e. The number of furan rings is 1. The number of anilines is 1. The number of rotatable bonds is 4. The van der Waals surface area contributed by atoms with Crippen LogP contribution in [0.2, 0.25) is 5.02 Å². The van der Waals surface area contributed by atoms with Gasteiger partial charge in [0.2, 0.25) is 0 Å². The number of benzene rings is 1. The molecule has 0 radical (unpaired) electrons. The highest BCUT2D eigenvalue weighted by atomic mass is 35.5. The molecule has 2 N–H and O–H groups in total. The topological polar surface area (TPSA) is 99.9 Å². The number of hydrogen-bond acceptors (Lipinski definition) is 5. The van der Waals surface area contributed by atoms with E-state index < -0.39 is 11.9 Å². The maximum Gasteiger partial charge on any atom is 0.339 e. The molecule has 1 aliphatic rings. The first-order chi connectivity index (χ1) is 14.0. The molecule has 9 heteroatoms. The Balaban J connectivity index is 1.62. The van der Waals surface area contributed by atoms with Crippen molar-refractivity contribution in [2.75, 3.05) is 11.9 Å². The first-order valence-corrected chi connectivity index (χ1v) is 9.91. The van der Waals surface area contributed by atoms with Crippen LogP contribution in [0.3, 0.4) is 0 Å². The highest BCUT2D eigenvalue weighted by Gasteiger charge is 2.31. The first kappa shape index (κ1) is 19.2. The Hall–Kier alpha value is -3.10. The minimum atomic E-state index is -1.12. The molecule has 1 aromatic carbocycles. The van der Waals surface area contributed by atoms with Gasteiger partial charge in [-0.3, -0.25) is 9.59 Å². The van der Waals surface area contributed by atoms with Gasteiger partial charge in [0.15, 0.2) is 5.76 Å². The molecule has 3 aromatic rings. The van der Waals surface area contributed by atoms with Crippen molar-refractivity contribution in [2.45, 2.75) is 13.0 Å². The van der Waals surface area contributed by atoms with E-state index in [2.05, 4.69) is 5.32 Å². The SMILES string of the molecule is O=C(Nc1sc2c(c1C(=O)O)CCN(C(=O)c1ccccc1Cl)C2)c1ccco1. The van der Waals surface area contributed by atoms with E-state index in [1.165, 1.54) is 12.3 Å². The number of thiophene rings is 1. The maximum atomic E-state index is 12.8. The average molecular weight is 431 g/mol. The van der Waals surface area contributed by atoms with E-state index in [9.17, 15) is 19.5 Å². The van der Waals surface area contributed by atoms with Crippen LogP contribution in [-0.4, -0.2) is 34.3 Å². The number of halogens is 1. The van der Waals surface area contributed by atoms with Gasteiger partial charge in [0.1, 0.15) is 5.00 Å². The normalized spacial score (nSPS) is 13.1. The molecule has 0 saturated carbocycles. The summed E-state index contributed by atoms with van der Waals surface area (Å²) in [5.41, 5.74) is 1.11. The molecule has 0 atom stereocenters. The summed E-state index contributed by atoms with van der Waals surface area (Å²) in [6.45, 7) is 0.612. The van der Waals surface area contributed by atoms with E-state index in [0.29, 0.717) is 29.1 Å². The second-order valence-electron chi connectivity index (χ2n) is 6.40. The number of aromatic carboxylic acids is 1. The van der Waals surface area contributed by atoms with Crippen LogP contribution >= 0.6 is 22.9 Å². The third-order valence-electron chi connectivity index (χ3n) is 4.63. The molecule has 0 aliphatic carbocycles. The summed E-state index contributed by atoms with van der Waals surface area (Å²) >= 11 is 7.29. The lowest BCUT2D eigenvalue weighted by Gasteiger charge is -2.27. The van der Waals surface area contributed by atoms with Gasteiger partial charge in [0, 0.05) is 11.4 Å². The predicted octanol–water partition coefficient (Wildman–Crippen LogP) is 4.14. The molecule has 2 aromatic heterocycles. The van der Waals surface area contributed by atoms with Crippen molar-refractivity contribution in [3.63, 3.8) is 0 Å². The molecular weight excluding hydrogens is 416 g/mol. The van der Waals surface area contributed by atoms with Crippen LogP contribution in [0.5, 0.6) is 0 Å². The summed E-state index contributed by atoms with van der Waals surface area (Å²) in [6.07, 6.45) is 1.74. The van der Waals surface area contributed by atoms with E-state index in [1.54, 1.807) is 35.2 Å². The van der Waals surface area contributed by atoms with Gasteiger partial charge in [-0.1, -0.05) is 23.7 Å². The largest absolute Gasteiger partial charge is 0.478 e. The Kier molecular flexibility index (Phi) is 5.12. The third kappa shape index (κ3) is 3.64. The fourth-order valence-electron chi connectivity index (χ4n) is 3.27. The molecule has 0 bridgehead atoms. The number of hydrogen-bond donors (Lipinski definition) is 2. The second-order valence-corrected chi connectivity index (χ2v) is 7.91. The lowest BCUT2D eigenvalue weighted by atomic mass is 10.0. The number of nitrogens with one attached hydrogen (secondary N) is 1. The summed E-state index contributed by atoms with van der Waals surface area (Å²) in [6, 6.07) is 9.87. The Morgan fingerprint density at radius 2 is 1.97 bits per heavy atom. The molecular formula is C20H15ClN2O5S. The lowest BCUT2D eigenvalue weighted by Crippen LogP contribution is -2.35. The molecule has 2 amide bonds. The number of carboxylic acid groups (broad SMARTS) is 1. The molecule has 7 nitrogen and oxygen atoms in total. The van der Waals surface area contributed by atoms with Crippen LogP contribution in [0.25, 0.3) is 0 Å². The molecule has 3 heterocycles. The number of carbonyl (C=O) groups is 3. The van der Waals surface area contributed by atoms with Gasteiger partial charge >= 0.3 is 5.97 Å². The molecule has 0 saturated heterocycles. The average Bonchev–Trinajstić information content (AvgIpc) is 3.35. The minimum Gasteiger partial charge on any atom is -0.478 e. The first-order valence-electron chi connectivity index (χ1n) is 8.72. The van der Waals surface area contributed by atoms with E-state index in [1.807, 2.05) is 0 Å². The Morgan fingerprint density at radius 3 is 2.66 bits per heavy atom. The van der Waals surface area contributed by atoms with E-state index in [0.717, 1.165) is 16.2 Å². The number of carbonyl (C=O) groups excluding carboxylic acids is 2. The van der Waals surface area contributed by atoms with Gasteiger partial charge in [-0.05, 0) is 36.2 Å². The highest BCUT2D eigenvalue weighted by Crippen LogP contribution is 2.38. The van der Waals surface area contributed by atoms with Crippen molar-refractivity contribution in [1.82, 2.24) is 4.90 Å². The highest BCUT2D eigenvalue weighted by molar-refractivity contribution is 7.17. The molecule has 1 aliphatic heterocycles. The van der Waals surface area contributed by atoms with Crippen molar-refractivity contribution >= 4 is 45.7 Å². The number of fused-ring (bicyclic) bond motifs is 1. The zero-order chi connectivity index (χ0) is 20.5. The molecule has 0 unspecified atom stereocenters. The quantitative estimate of drug-likeness (QED) is 0.647. The van der Waals surface area contributed by atoms with E-state index in [-0.39, 0.29) is 28.8 Å². The zero-order valence-electron chi connectivity index (χ0n) is 15.0. The van der Waals surface area contributed by atoms with Gasteiger partial charge in [-0.25, -0.2) is 4.79 Å². The number of carboxylic acids is 1. The maximum absolute atomic E-state index is 12.8. The minimum absolute atomic E-state index is 0.0646. The Labute approximate surface area is 174 Å². The predicted molar refractivity (Wildman–Crippen MR) is 108 cm³/mol. The van der Waals surface area contributed by atoms with E-state index >= 15 is 0 Å². The Bertz CT molecular complexity index is 1110.